The van der Waals surface area contributed by atoms with Gasteiger partial charge in [-0.1, -0.05) is 23.4 Å². The summed E-state index contributed by atoms with van der Waals surface area (Å²) in [6.07, 6.45) is 1.63. The highest BCUT2D eigenvalue weighted by atomic mass is 19.1. The van der Waals surface area contributed by atoms with Gasteiger partial charge < -0.3 is 14.6 Å². The zero-order chi connectivity index (χ0) is 21.8. The number of aromatic nitrogens is 3. The van der Waals surface area contributed by atoms with Gasteiger partial charge in [-0.2, -0.15) is 5.10 Å². The SMILES string of the molecule is Cc1onc(C(=O)Nc2ccn(Cc3ccccc3F)n2)c1COc1ccc(F)cc1. The Kier molecular flexibility index (Phi) is 5.74. The maximum atomic E-state index is 13.8. The number of rotatable bonds is 7. The summed E-state index contributed by atoms with van der Waals surface area (Å²) in [5, 5.41) is 10.7. The Morgan fingerprint density at radius 2 is 1.90 bits per heavy atom. The predicted octanol–water partition coefficient (Wildman–Crippen LogP) is 4.34. The summed E-state index contributed by atoms with van der Waals surface area (Å²) in [5.74, 6) is -0.0637. The van der Waals surface area contributed by atoms with E-state index >= 15 is 0 Å². The van der Waals surface area contributed by atoms with Crippen molar-refractivity contribution in [3.8, 4) is 5.75 Å². The number of ether oxygens (including phenoxy) is 1. The van der Waals surface area contributed by atoms with Crippen LogP contribution in [-0.4, -0.2) is 20.8 Å². The van der Waals surface area contributed by atoms with Crippen LogP contribution in [0.15, 0.2) is 65.3 Å². The maximum Gasteiger partial charge on any atom is 0.279 e. The zero-order valence-electron chi connectivity index (χ0n) is 16.5. The van der Waals surface area contributed by atoms with E-state index in [1.807, 2.05) is 0 Å². The van der Waals surface area contributed by atoms with E-state index < -0.39 is 5.91 Å². The molecule has 4 rings (SSSR count). The van der Waals surface area contributed by atoms with E-state index in [1.54, 1.807) is 37.4 Å². The van der Waals surface area contributed by atoms with Gasteiger partial charge in [0.15, 0.2) is 11.5 Å². The molecule has 0 unspecified atom stereocenters. The number of aryl methyl sites for hydroxylation is 1. The minimum atomic E-state index is -0.523. The van der Waals surface area contributed by atoms with E-state index in [0.717, 1.165) is 0 Å². The molecule has 0 spiro atoms. The molecule has 7 nitrogen and oxygen atoms in total. The standard InChI is InChI=1S/C22H18F2N4O3/c1-14-18(13-30-17-8-6-16(23)7-9-17)21(27-31-14)22(29)25-20-10-11-28(26-20)12-15-4-2-3-5-19(15)24/h2-11H,12-13H2,1H3,(H,25,26,29). The van der Waals surface area contributed by atoms with Gasteiger partial charge in [-0.25, -0.2) is 8.78 Å². The fraction of sp³-hybridized carbons (Fsp3) is 0.136. The molecule has 0 saturated carbocycles. The molecule has 2 heterocycles. The number of anilines is 1. The third-order valence-corrected chi connectivity index (χ3v) is 4.57. The third kappa shape index (κ3) is 4.77. The molecule has 0 fully saturated rings. The summed E-state index contributed by atoms with van der Waals surface area (Å²) in [6, 6.07) is 13.5. The first kappa shape index (κ1) is 20.3. The van der Waals surface area contributed by atoms with E-state index in [2.05, 4.69) is 15.6 Å². The highest BCUT2D eigenvalue weighted by Gasteiger charge is 2.21. The Hall–Kier alpha value is -4.01. The lowest BCUT2D eigenvalue weighted by Gasteiger charge is -2.07. The second-order valence-corrected chi connectivity index (χ2v) is 6.75. The van der Waals surface area contributed by atoms with Gasteiger partial charge in [-0.05, 0) is 37.3 Å². The summed E-state index contributed by atoms with van der Waals surface area (Å²) >= 11 is 0. The summed E-state index contributed by atoms with van der Waals surface area (Å²) in [4.78, 5) is 12.7. The Morgan fingerprint density at radius 1 is 1.13 bits per heavy atom. The predicted molar refractivity (Wildman–Crippen MR) is 108 cm³/mol. The smallest absolute Gasteiger partial charge is 0.279 e. The van der Waals surface area contributed by atoms with Crippen LogP contribution in [0.25, 0.3) is 0 Å². The highest BCUT2D eigenvalue weighted by Crippen LogP contribution is 2.19. The van der Waals surface area contributed by atoms with Crippen LogP contribution in [0.3, 0.4) is 0 Å². The van der Waals surface area contributed by atoms with Gasteiger partial charge in [0.25, 0.3) is 5.91 Å². The Bertz CT molecular complexity index is 1200. The quantitative estimate of drug-likeness (QED) is 0.477. The molecule has 2 aromatic heterocycles. The van der Waals surface area contributed by atoms with Crippen molar-refractivity contribution in [2.75, 3.05) is 5.32 Å². The minimum Gasteiger partial charge on any atom is -0.489 e. The molecule has 9 heteroatoms. The maximum absolute atomic E-state index is 13.8. The number of carbonyl (C=O) groups excluding carboxylic acids is 1. The van der Waals surface area contributed by atoms with Crippen molar-refractivity contribution in [3.63, 3.8) is 0 Å². The van der Waals surface area contributed by atoms with E-state index in [9.17, 15) is 13.6 Å². The molecule has 4 aromatic rings. The summed E-state index contributed by atoms with van der Waals surface area (Å²) in [7, 11) is 0. The monoisotopic (exact) mass is 424 g/mol. The average Bonchev–Trinajstić information content (AvgIpc) is 3.35. The number of amides is 1. The van der Waals surface area contributed by atoms with E-state index in [-0.39, 0.29) is 36.3 Å². The van der Waals surface area contributed by atoms with Crippen LogP contribution in [0, 0.1) is 18.6 Å². The van der Waals surface area contributed by atoms with Crippen LogP contribution in [0.1, 0.15) is 27.4 Å². The lowest BCUT2D eigenvalue weighted by Crippen LogP contribution is -2.16. The zero-order valence-corrected chi connectivity index (χ0v) is 16.5. The van der Waals surface area contributed by atoms with Gasteiger partial charge in [0.2, 0.25) is 0 Å². The van der Waals surface area contributed by atoms with Gasteiger partial charge in [-0.3, -0.25) is 9.48 Å². The first-order valence-corrected chi connectivity index (χ1v) is 9.41. The molecule has 0 aliphatic carbocycles. The summed E-state index contributed by atoms with van der Waals surface area (Å²) in [5.41, 5.74) is 1.01. The lowest BCUT2D eigenvalue weighted by molar-refractivity contribution is 0.101. The number of halogens is 2. The molecule has 0 aliphatic heterocycles. The molecule has 2 aromatic carbocycles. The normalized spacial score (nSPS) is 10.8. The second kappa shape index (κ2) is 8.78. The number of hydrogen-bond donors (Lipinski definition) is 1. The molecule has 158 valence electrons. The largest absolute Gasteiger partial charge is 0.489 e. The van der Waals surface area contributed by atoms with Crippen LogP contribution in [0.4, 0.5) is 14.6 Å². The third-order valence-electron chi connectivity index (χ3n) is 4.57. The number of nitrogens with one attached hydrogen (secondary N) is 1. The first-order chi connectivity index (χ1) is 15.0. The molecular weight excluding hydrogens is 406 g/mol. The second-order valence-electron chi connectivity index (χ2n) is 6.75. The molecular formula is C22H18F2N4O3. The molecule has 1 N–H and O–H groups in total. The van der Waals surface area contributed by atoms with Gasteiger partial charge in [0.05, 0.1) is 12.1 Å². The van der Waals surface area contributed by atoms with Gasteiger partial charge in [-0.15, -0.1) is 0 Å². The molecule has 0 saturated heterocycles. The fourth-order valence-corrected chi connectivity index (χ4v) is 2.92. The van der Waals surface area contributed by atoms with Crippen molar-refractivity contribution in [1.82, 2.24) is 14.9 Å². The molecule has 0 bridgehead atoms. The van der Waals surface area contributed by atoms with E-state index in [4.69, 9.17) is 9.26 Å². The average molecular weight is 424 g/mol. The molecule has 0 atom stereocenters. The molecule has 31 heavy (non-hydrogen) atoms. The first-order valence-electron chi connectivity index (χ1n) is 9.41. The van der Waals surface area contributed by atoms with Crippen molar-refractivity contribution in [2.24, 2.45) is 0 Å². The van der Waals surface area contributed by atoms with E-state index in [1.165, 1.54) is 35.0 Å². The van der Waals surface area contributed by atoms with Crippen molar-refractivity contribution in [1.29, 1.82) is 0 Å². The van der Waals surface area contributed by atoms with Gasteiger partial charge in [0.1, 0.15) is 29.8 Å². The Balaban J connectivity index is 1.43. The Morgan fingerprint density at radius 3 is 2.68 bits per heavy atom. The van der Waals surface area contributed by atoms with Crippen LogP contribution < -0.4 is 10.1 Å². The topological polar surface area (TPSA) is 82.2 Å². The van der Waals surface area contributed by atoms with Crippen molar-refractivity contribution >= 4 is 11.7 Å². The molecule has 1 amide bonds. The molecule has 0 aliphatic rings. The summed E-state index contributed by atoms with van der Waals surface area (Å²) < 4.78 is 39.1. The molecule has 0 radical (unpaired) electrons. The van der Waals surface area contributed by atoms with Crippen molar-refractivity contribution < 1.29 is 22.8 Å². The van der Waals surface area contributed by atoms with Crippen LogP contribution in [0.2, 0.25) is 0 Å². The fourth-order valence-electron chi connectivity index (χ4n) is 2.92. The minimum absolute atomic E-state index is 0.0193. The van der Waals surface area contributed by atoms with Gasteiger partial charge >= 0.3 is 0 Å². The van der Waals surface area contributed by atoms with E-state index in [0.29, 0.717) is 22.6 Å². The number of carbonyl (C=O) groups is 1. The number of nitrogens with zero attached hydrogens (tertiary/aromatic N) is 3. The number of hydrogen-bond acceptors (Lipinski definition) is 5. The van der Waals surface area contributed by atoms with Crippen molar-refractivity contribution in [2.45, 2.75) is 20.1 Å². The van der Waals surface area contributed by atoms with Crippen molar-refractivity contribution in [3.05, 3.63) is 95.0 Å². The highest BCUT2D eigenvalue weighted by molar-refractivity contribution is 6.03. The Labute approximate surface area is 176 Å². The lowest BCUT2D eigenvalue weighted by atomic mass is 10.2. The number of benzene rings is 2. The van der Waals surface area contributed by atoms with Crippen LogP contribution in [-0.2, 0) is 13.2 Å². The van der Waals surface area contributed by atoms with Crippen LogP contribution in [0.5, 0.6) is 5.75 Å². The summed E-state index contributed by atoms with van der Waals surface area (Å²) in [6.45, 7) is 1.91. The van der Waals surface area contributed by atoms with Gasteiger partial charge in [0, 0.05) is 17.8 Å². The van der Waals surface area contributed by atoms with Crippen LogP contribution >= 0.6 is 0 Å².